The number of anilines is 1. The Kier molecular flexibility index (Phi) is 3.94. The van der Waals surface area contributed by atoms with Crippen LogP contribution in [0.4, 0.5) is 11.4 Å². The molecule has 2 aromatic carbocycles. The molecule has 0 aliphatic heterocycles. The third-order valence-electron chi connectivity index (χ3n) is 3.78. The van der Waals surface area contributed by atoms with E-state index >= 15 is 0 Å². The van der Waals surface area contributed by atoms with E-state index in [-0.39, 0.29) is 11.4 Å². The molecule has 2 N–H and O–H groups in total. The van der Waals surface area contributed by atoms with Crippen molar-refractivity contribution < 1.29 is 9.72 Å². The standard InChI is InChI=1S/C18H12N4O3S/c23-17(15-9-13(10-19-15)22(24)25)20-12-5-3-4-11(8-12)18-21-14-6-1-2-7-16(14)26-18/h1-10,19H,(H,20,23). The lowest BCUT2D eigenvalue weighted by Gasteiger charge is -2.05. The van der Waals surface area contributed by atoms with Crippen molar-refractivity contribution in [2.75, 3.05) is 5.32 Å². The van der Waals surface area contributed by atoms with E-state index in [2.05, 4.69) is 15.3 Å². The van der Waals surface area contributed by atoms with Crippen LogP contribution in [0.2, 0.25) is 0 Å². The summed E-state index contributed by atoms with van der Waals surface area (Å²) < 4.78 is 1.09. The third-order valence-corrected chi connectivity index (χ3v) is 4.87. The molecule has 0 aliphatic rings. The smallest absolute Gasteiger partial charge is 0.287 e. The second kappa shape index (κ2) is 6.41. The number of H-pyrrole nitrogens is 1. The predicted molar refractivity (Wildman–Crippen MR) is 100 cm³/mol. The Balaban J connectivity index is 1.59. The van der Waals surface area contributed by atoms with Crippen molar-refractivity contribution in [1.29, 1.82) is 0 Å². The molecule has 0 unspecified atom stereocenters. The molecular weight excluding hydrogens is 352 g/mol. The monoisotopic (exact) mass is 364 g/mol. The van der Waals surface area contributed by atoms with Gasteiger partial charge in [-0.1, -0.05) is 24.3 Å². The minimum atomic E-state index is -0.555. The molecule has 128 valence electrons. The number of fused-ring (bicyclic) bond motifs is 1. The van der Waals surface area contributed by atoms with Crippen LogP contribution in [0.25, 0.3) is 20.8 Å². The van der Waals surface area contributed by atoms with Crippen molar-refractivity contribution in [2.24, 2.45) is 0 Å². The highest BCUT2D eigenvalue weighted by molar-refractivity contribution is 7.21. The van der Waals surface area contributed by atoms with Gasteiger partial charge in [-0.05, 0) is 24.3 Å². The number of para-hydroxylation sites is 1. The zero-order valence-electron chi connectivity index (χ0n) is 13.3. The third kappa shape index (κ3) is 3.05. The van der Waals surface area contributed by atoms with Crippen molar-refractivity contribution in [2.45, 2.75) is 0 Å². The SMILES string of the molecule is O=C(Nc1cccc(-c2nc3ccccc3s2)c1)c1cc([N+](=O)[O-])c[nH]1. The van der Waals surface area contributed by atoms with Gasteiger partial charge in [-0.25, -0.2) is 4.98 Å². The van der Waals surface area contributed by atoms with Crippen LogP contribution >= 0.6 is 11.3 Å². The van der Waals surface area contributed by atoms with Crippen molar-refractivity contribution in [3.8, 4) is 10.6 Å². The Hall–Kier alpha value is -3.52. The van der Waals surface area contributed by atoms with Gasteiger partial charge in [0, 0.05) is 17.3 Å². The average Bonchev–Trinajstić information content (AvgIpc) is 3.29. The van der Waals surface area contributed by atoms with E-state index in [9.17, 15) is 14.9 Å². The highest BCUT2D eigenvalue weighted by atomic mass is 32.1. The summed E-state index contributed by atoms with van der Waals surface area (Å²) in [7, 11) is 0. The molecule has 2 aromatic heterocycles. The van der Waals surface area contributed by atoms with Gasteiger partial charge in [0.2, 0.25) is 0 Å². The maximum Gasteiger partial charge on any atom is 0.287 e. The van der Waals surface area contributed by atoms with Crippen LogP contribution in [0, 0.1) is 10.1 Å². The van der Waals surface area contributed by atoms with Gasteiger partial charge < -0.3 is 10.3 Å². The van der Waals surface area contributed by atoms with Gasteiger partial charge in [-0.15, -0.1) is 11.3 Å². The number of nitrogens with zero attached hydrogens (tertiary/aromatic N) is 2. The van der Waals surface area contributed by atoms with Gasteiger partial charge in [0.1, 0.15) is 10.7 Å². The fourth-order valence-corrected chi connectivity index (χ4v) is 3.51. The highest BCUT2D eigenvalue weighted by Crippen LogP contribution is 2.31. The Morgan fingerprint density at radius 2 is 2.00 bits per heavy atom. The van der Waals surface area contributed by atoms with E-state index < -0.39 is 10.8 Å². The van der Waals surface area contributed by atoms with Crippen LogP contribution in [-0.2, 0) is 0 Å². The Bertz CT molecular complexity index is 1100. The minimum Gasteiger partial charge on any atom is -0.351 e. The quantitative estimate of drug-likeness (QED) is 0.412. The van der Waals surface area contributed by atoms with Gasteiger partial charge in [-0.3, -0.25) is 14.9 Å². The number of nitrogens with one attached hydrogen (secondary N) is 2. The van der Waals surface area contributed by atoms with Gasteiger partial charge in [0.05, 0.1) is 21.3 Å². The summed E-state index contributed by atoms with van der Waals surface area (Å²) in [6.45, 7) is 0. The summed E-state index contributed by atoms with van der Waals surface area (Å²) in [6, 6.07) is 16.4. The normalized spacial score (nSPS) is 10.8. The van der Waals surface area contributed by atoms with Crippen LogP contribution in [-0.4, -0.2) is 20.8 Å². The maximum atomic E-state index is 12.3. The lowest BCUT2D eigenvalue weighted by molar-refractivity contribution is -0.384. The summed E-state index contributed by atoms with van der Waals surface area (Å²) in [5.41, 5.74) is 2.38. The van der Waals surface area contributed by atoms with E-state index in [0.717, 1.165) is 20.8 Å². The van der Waals surface area contributed by atoms with E-state index in [1.165, 1.54) is 12.3 Å². The van der Waals surface area contributed by atoms with Crippen molar-refractivity contribution in [1.82, 2.24) is 9.97 Å². The molecule has 26 heavy (non-hydrogen) atoms. The zero-order chi connectivity index (χ0) is 18.1. The number of nitro groups is 1. The van der Waals surface area contributed by atoms with E-state index in [1.807, 2.05) is 42.5 Å². The lowest BCUT2D eigenvalue weighted by Crippen LogP contribution is -2.12. The molecule has 7 nitrogen and oxygen atoms in total. The van der Waals surface area contributed by atoms with Gasteiger partial charge in [0.15, 0.2) is 0 Å². The van der Waals surface area contributed by atoms with Gasteiger partial charge >= 0.3 is 0 Å². The van der Waals surface area contributed by atoms with Crippen LogP contribution in [0.5, 0.6) is 0 Å². The Morgan fingerprint density at radius 3 is 2.77 bits per heavy atom. The molecular formula is C18H12N4O3S. The van der Waals surface area contributed by atoms with Crippen molar-refractivity contribution >= 4 is 38.8 Å². The number of hydrogen-bond donors (Lipinski definition) is 2. The molecule has 0 bridgehead atoms. The summed E-state index contributed by atoms with van der Waals surface area (Å²) >= 11 is 1.58. The first-order valence-corrected chi connectivity index (χ1v) is 8.52. The van der Waals surface area contributed by atoms with E-state index in [4.69, 9.17) is 0 Å². The van der Waals surface area contributed by atoms with Crippen LogP contribution in [0.3, 0.4) is 0 Å². The average molecular weight is 364 g/mol. The number of amides is 1. The topological polar surface area (TPSA) is 101 Å². The molecule has 0 radical (unpaired) electrons. The molecule has 8 heteroatoms. The van der Waals surface area contributed by atoms with Crippen LogP contribution < -0.4 is 5.32 Å². The first-order valence-electron chi connectivity index (χ1n) is 7.70. The molecule has 4 rings (SSSR count). The largest absolute Gasteiger partial charge is 0.351 e. The second-order valence-corrected chi connectivity index (χ2v) is 6.58. The summed E-state index contributed by atoms with van der Waals surface area (Å²) in [5.74, 6) is -0.445. The van der Waals surface area contributed by atoms with Crippen molar-refractivity contribution in [3.63, 3.8) is 0 Å². The zero-order valence-corrected chi connectivity index (χ0v) is 14.1. The maximum absolute atomic E-state index is 12.3. The Labute approximate surface area is 151 Å². The van der Waals surface area contributed by atoms with Gasteiger partial charge in [-0.2, -0.15) is 0 Å². The number of rotatable bonds is 4. The summed E-state index contributed by atoms with van der Waals surface area (Å²) in [4.78, 5) is 29.6. The minimum absolute atomic E-state index is 0.127. The van der Waals surface area contributed by atoms with E-state index in [1.54, 1.807) is 17.4 Å². The summed E-state index contributed by atoms with van der Waals surface area (Å²) in [5, 5.41) is 14.3. The number of aromatic amines is 1. The number of benzene rings is 2. The molecule has 0 atom stereocenters. The highest BCUT2D eigenvalue weighted by Gasteiger charge is 2.15. The fraction of sp³-hybridized carbons (Fsp3) is 0. The number of thiazole rings is 1. The number of aromatic nitrogens is 2. The Morgan fingerprint density at radius 1 is 1.15 bits per heavy atom. The second-order valence-electron chi connectivity index (χ2n) is 5.55. The molecule has 0 aliphatic carbocycles. The lowest BCUT2D eigenvalue weighted by atomic mass is 10.2. The van der Waals surface area contributed by atoms with Crippen LogP contribution in [0.1, 0.15) is 10.5 Å². The predicted octanol–water partition coefficient (Wildman–Crippen LogP) is 4.45. The molecule has 0 saturated heterocycles. The molecule has 0 saturated carbocycles. The molecule has 2 heterocycles. The van der Waals surface area contributed by atoms with Crippen LogP contribution in [0.15, 0.2) is 60.8 Å². The summed E-state index contributed by atoms with van der Waals surface area (Å²) in [6.07, 6.45) is 1.19. The number of carbonyl (C=O) groups is 1. The number of hydrogen-bond acceptors (Lipinski definition) is 5. The first-order chi connectivity index (χ1) is 12.6. The molecule has 1 amide bonds. The molecule has 4 aromatic rings. The van der Waals surface area contributed by atoms with Gasteiger partial charge in [0.25, 0.3) is 11.6 Å². The number of carbonyl (C=O) groups excluding carboxylic acids is 1. The first kappa shape index (κ1) is 16.0. The molecule has 0 spiro atoms. The fourth-order valence-electron chi connectivity index (χ4n) is 2.54. The van der Waals surface area contributed by atoms with E-state index in [0.29, 0.717) is 5.69 Å². The molecule has 0 fully saturated rings. The van der Waals surface area contributed by atoms with Crippen molar-refractivity contribution in [3.05, 3.63) is 76.6 Å².